The van der Waals surface area contributed by atoms with Crippen molar-refractivity contribution in [2.45, 2.75) is 26.2 Å². The maximum Gasteiger partial charge on any atom is 0.262 e. The summed E-state index contributed by atoms with van der Waals surface area (Å²) in [5.41, 5.74) is 1.90. The van der Waals surface area contributed by atoms with Crippen LogP contribution in [-0.2, 0) is 6.42 Å². The first-order valence-corrected chi connectivity index (χ1v) is 4.72. The van der Waals surface area contributed by atoms with Gasteiger partial charge in [-0.3, -0.25) is 0 Å². The van der Waals surface area contributed by atoms with E-state index in [-0.39, 0.29) is 6.54 Å². The van der Waals surface area contributed by atoms with Crippen molar-refractivity contribution >= 4 is 5.69 Å². The van der Waals surface area contributed by atoms with E-state index in [4.69, 9.17) is 0 Å². The molecule has 0 atom stereocenters. The van der Waals surface area contributed by atoms with E-state index in [9.17, 15) is 8.78 Å². The highest BCUT2D eigenvalue weighted by Crippen LogP contribution is 2.15. The summed E-state index contributed by atoms with van der Waals surface area (Å²) in [6.07, 6.45) is 0.915. The quantitative estimate of drug-likeness (QED) is 0.784. The van der Waals surface area contributed by atoms with Crippen molar-refractivity contribution in [2.24, 2.45) is 0 Å². The zero-order valence-corrected chi connectivity index (χ0v) is 8.48. The molecule has 0 bridgehead atoms. The van der Waals surface area contributed by atoms with Crippen LogP contribution in [0.4, 0.5) is 14.5 Å². The van der Waals surface area contributed by atoms with E-state index in [1.807, 2.05) is 25.1 Å². The lowest BCUT2D eigenvalue weighted by atomic mass is 10.1. The van der Waals surface area contributed by atoms with Crippen LogP contribution < -0.4 is 5.32 Å². The van der Waals surface area contributed by atoms with E-state index in [1.54, 1.807) is 6.07 Å². The Morgan fingerprint density at radius 1 is 1.36 bits per heavy atom. The van der Waals surface area contributed by atoms with Gasteiger partial charge in [0.1, 0.15) is 0 Å². The zero-order chi connectivity index (χ0) is 10.6. The fourth-order valence-corrected chi connectivity index (χ4v) is 1.16. The molecule has 0 aliphatic carbocycles. The number of alkyl halides is 2. The summed E-state index contributed by atoms with van der Waals surface area (Å²) in [5.74, 6) is -2.66. The van der Waals surface area contributed by atoms with Gasteiger partial charge in [0.2, 0.25) is 0 Å². The van der Waals surface area contributed by atoms with Crippen LogP contribution in [0.1, 0.15) is 19.4 Å². The Hall–Kier alpha value is -1.12. The Morgan fingerprint density at radius 2 is 2.07 bits per heavy atom. The van der Waals surface area contributed by atoms with E-state index in [0.717, 1.165) is 24.6 Å². The van der Waals surface area contributed by atoms with Crippen molar-refractivity contribution in [3.8, 4) is 0 Å². The molecule has 0 fully saturated rings. The van der Waals surface area contributed by atoms with Crippen molar-refractivity contribution < 1.29 is 8.78 Å². The molecule has 1 nitrogen and oxygen atoms in total. The fourth-order valence-electron chi connectivity index (χ4n) is 1.16. The molecule has 0 radical (unpaired) electrons. The van der Waals surface area contributed by atoms with Crippen LogP contribution in [0.3, 0.4) is 0 Å². The van der Waals surface area contributed by atoms with Gasteiger partial charge in [0.25, 0.3) is 5.92 Å². The predicted molar refractivity (Wildman–Crippen MR) is 54.9 cm³/mol. The molecule has 1 aromatic carbocycles. The molecule has 14 heavy (non-hydrogen) atoms. The molecule has 1 aromatic rings. The van der Waals surface area contributed by atoms with Crippen LogP contribution >= 0.6 is 0 Å². The van der Waals surface area contributed by atoms with Crippen LogP contribution in [0.2, 0.25) is 0 Å². The molecule has 0 unspecified atom stereocenters. The molecule has 0 aliphatic heterocycles. The van der Waals surface area contributed by atoms with Gasteiger partial charge >= 0.3 is 0 Å². The molecule has 0 aromatic heterocycles. The fraction of sp³-hybridized carbons (Fsp3) is 0.455. The van der Waals surface area contributed by atoms with Gasteiger partial charge in [-0.05, 0) is 24.1 Å². The Balaban J connectivity index is 2.59. The SMILES string of the molecule is CCc1cccc(NCC(C)(F)F)c1. The minimum absolute atomic E-state index is 0.319. The summed E-state index contributed by atoms with van der Waals surface area (Å²) in [6.45, 7) is 2.62. The van der Waals surface area contributed by atoms with Crippen molar-refractivity contribution in [1.29, 1.82) is 0 Å². The minimum Gasteiger partial charge on any atom is -0.379 e. The Labute approximate surface area is 83.1 Å². The number of anilines is 1. The highest BCUT2D eigenvalue weighted by Gasteiger charge is 2.19. The van der Waals surface area contributed by atoms with Crippen molar-refractivity contribution in [1.82, 2.24) is 0 Å². The number of hydrogen-bond donors (Lipinski definition) is 1. The lowest BCUT2D eigenvalue weighted by Crippen LogP contribution is -2.22. The molecular weight excluding hydrogens is 184 g/mol. The van der Waals surface area contributed by atoms with Crippen molar-refractivity contribution in [3.63, 3.8) is 0 Å². The van der Waals surface area contributed by atoms with Crippen LogP contribution in [0.25, 0.3) is 0 Å². The number of nitrogens with one attached hydrogen (secondary N) is 1. The average Bonchev–Trinajstić information content (AvgIpc) is 2.14. The second-order valence-corrected chi connectivity index (χ2v) is 3.48. The van der Waals surface area contributed by atoms with Gasteiger partial charge in [-0.1, -0.05) is 19.1 Å². The van der Waals surface area contributed by atoms with E-state index in [0.29, 0.717) is 0 Å². The molecule has 0 saturated heterocycles. The normalized spacial score (nSPS) is 11.4. The van der Waals surface area contributed by atoms with Crippen LogP contribution in [0, 0.1) is 0 Å². The number of aryl methyl sites for hydroxylation is 1. The summed E-state index contributed by atoms with van der Waals surface area (Å²) >= 11 is 0. The minimum atomic E-state index is -2.66. The highest BCUT2D eigenvalue weighted by molar-refractivity contribution is 5.45. The third-order valence-electron chi connectivity index (χ3n) is 1.94. The molecule has 1 rings (SSSR count). The standard InChI is InChI=1S/C11H15F2N/c1-3-9-5-4-6-10(7-9)14-8-11(2,12)13/h4-7,14H,3,8H2,1-2H3. The van der Waals surface area contributed by atoms with Gasteiger partial charge in [-0.2, -0.15) is 0 Å². The molecule has 3 heteroatoms. The number of benzene rings is 1. The van der Waals surface area contributed by atoms with Gasteiger partial charge in [0.05, 0.1) is 6.54 Å². The van der Waals surface area contributed by atoms with E-state index in [1.165, 1.54) is 0 Å². The van der Waals surface area contributed by atoms with Crippen LogP contribution in [0.15, 0.2) is 24.3 Å². The molecule has 78 valence electrons. The maximum absolute atomic E-state index is 12.5. The lowest BCUT2D eigenvalue weighted by molar-refractivity contribution is 0.0368. The van der Waals surface area contributed by atoms with Crippen LogP contribution in [-0.4, -0.2) is 12.5 Å². The first kappa shape index (κ1) is 11.0. The maximum atomic E-state index is 12.5. The summed E-state index contributed by atoms with van der Waals surface area (Å²) in [7, 11) is 0. The second-order valence-electron chi connectivity index (χ2n) is 3.48. The molecule has 0 heterocycles. The molecule has 0 spiro atoms. The molecular formula is C11H15F2N. The van der Waals surface area contributed by atoms with E-state index in [2.05, 4.69) is 5.32 Å². The number of halogens is 2. The zero-order valence-electron chi connectivity index (χ0n) is 8.48. The summed E-state index contributed by atoms with van der Waals surface area (Å²) in [4.78, 5) is 0. The number of hydrogen-bond acceptors (Lipinski definition) is 1. The summed E-state index contributed by atoms with van der Waals surface area (Å²) in [5, 5.41) is 2.71. The van der Waals surface area contributed by atoms with Crippen molar-refractivity contribution in [2.75, 3.05) is 11.9 Å². The Morgan fingerprint density at radius 3 is 2.64 bits per heavy atom. The number of rotatable bonds is 4. The lowest BCUT2D eigenvalue weighted by Gasteiger charge is -2.12. The molecule has 1 N–H and O–H groups in total. The molecule has 0 saturated carbocycles. The second kappa shape index (κ2) is 4.40. The van der Waals surface area contributed by atoms with Crippen molar-refractivity contribution in [3.05, 3.63) is 29.8 Å². The van der Waals surface area contributed by atoms with Crippen LogP contribution in [0.5, 0.6) is 0 Å². The van der Waals surface area contributed by atoms with Gasteiger partial charge in [-0.15, -0.1) is 0 Å². The predicted octanol–water partition coefficient (Wildman–Crippen LogP) is 3.32. The summed E-state index contributed by atoms with van der Waals surface area (Å²) in [6, 6.07) is 7.54. The topological polar surface area (TPSA) is 12.0 Å². The first-order chi connectivity index (χ1) is 6.51. The third kappa shape index (κ3) is 3.73. The Kier molecular flexibility index (Phi) is 3.44. The van der Waals surface area contributed by atoms with Gasteiger partial charge in [0, 0.05) is 12.6 Å². The van der Waals surface area contributed by atoms with E-state index < -0.39 is 5.92 Å². The van der Waals surface area contributed by atoms with Gasteiger partial charge in [0.15, 0.2) is 0 Å². The monoisotopic (exact) mass is 199 g/mol. The van der Waals surface area contributed by atoms with Gasteiger partial charge in [-0.25, -0.2) is 8.78 Å². The van der Waals surface area contributed by atoms with E-state index >= 15 is 0 Å². The third-order valence-corrected chi connectivity index (χ3v) is 1.94. The molecule has 0 aliphatic rings. The smallest absolute Gasteiger partial charge is 0.262 e. The first-order valence-electron chi connectivity index (χ1n) is 4.72. The highest BCUT2D eigenvalue weighted by atomic mass is 19.3. The summed E-state index contributed by atoms with van der Waals surface area (Å²) < 4.78 is 25.1. The largest absolute Gasteiger partial charge is 0.379 e. The Bertz CT molecular complexity index is 292. The average molecular weight is 199 g/mol. The molecule has 0 amide bonds. The van der Waals surface area contributed by atoms with Gasteiger partial charge < -0.3 is 5.32 Å².